The third-order valence-electron chi connectivity index (χ3n) is 3.98. The molecule has 2 N–H and O–H groups in total. The second kappa shape index (κ2) is 6.26. The average Bonchev–Trinajstić information content (AvgIpc) is 2.85. The highest BCUT2D eigenvalue weighted by atomic mass is 35.5. The summed E-state index contributed by atoms with van der Waals surface area (Å²) in [5.74, 6) is 0. The number of ether oxygens (including phenoxy) is 1. The van der Waals surface area contributed by atoms with Crippen LogP contribution in [0.25, 0.3) is 0 Å². The Hall–Kier alpha value is -1.24. The van der Waals surface area contributed by atoms with Gasteiger partial charge in [0, 0.05) is 5.46 Å². The quantitative estimate of drug-likeness (QED) is 0.823. The lowest BCUT2D eigenvalue weighted by atomic mass is 9.79. The van der Waals surface area contributed by atoms with Crippen LogP contribution in [0.15, 0.2) is 12.1 Å². The molecule has 0 aromatic heterocycles. The van der Waals surface area contributed by atoms with Crippen molar-refractivity contribution in [3.8, 4) is 0 Å². The van der Waals surface area contributed by atoms with Crippen LogP contribution in [0.3, 0.4) is 0 Å². The zero-order chi connectivity index (χ0) is 14.8. The fourth-order valence-electron chi connectivity index (χ4n) is 2.85. The average molecular weight is 310 g/mol. The molecule has 1 fully saturated rings. The Morgan fingerprint density at radius 2 is 2.14 bits per heavy atom. The molecule has 0 atom stereocenters. The maximum absolute atomic E-state index is 11.9. The van der Waals surface area contributed by atoms with Crippen molar-refractivity contribution in [1.29, 1.82) is 0 Å². The molecule has 112 valence electrons. The first kappa shape index (κ1) is 14.7. The summed E-state index contributed by atoms with van der Waals surface area (Å²) in [4.78, 5) is 11.9. The minimum Gasteiger partial charge on any atom is -0.446 e. The summed E-state index contributed by atoms with van der Waals surface area (Å²) in [7, 11) is -1.04. The lowest BCUT2D eigenvalue weighted by Gasteiger charge is -2.22. The van der Waals surface area contributed by atoms with Crippen molar-refractivity contribution in [1.82, 2.24) is 0 Å². The van der Waals surface area contributed by atoms with Gasteiger partial charge in [0.25, 0.3) is 0 Å². The fourth-order valence-corrected chi connectivity index (χ4v) is 3.17. The molecule has 0 saturated heterocycles. The molecule has 0 unspecified atom stereocenters. The van der Waals surface area contributed by atoms with Crippen LogP contribution in [0.2, 0.25) is 5.02 Å². The van der Waals surface area contributed by atoms with Crippen molar-refractivity contribution in [2.24, 2.45) is 0 Å². The summed E-state index contributed by atoms with van der Waals surface area (Å²) in [6.07, 6.45) is 4.71. The Bertz CT molecular complexity index is 548. The van der Waals surface area contributed by atoms with Crippen molar-refractivity contribution < 1.29 is 19.2 Å². The number of carbonyl (C=O) groups is 1. The van der Waals surface area contributed by atoms with Crippen molar-refractivity contribution in [3.05, 3.63) is 22.7 Å². The Labute approximate surface area is 128 Å². The molecule has 0 spiro atoms. The smallest absolute Gasteiger partial charge is 0.446 e. The number of anilines is 1. The van der Waals surface area contributed by atoms with E-state index in [-0.39, 0.29) is 6.10 Å². The number of hydrogen-bond acceptors (Lipinski definition) is 4. The summed E-state index contributed by atoms with van der Waals surface area (Å²) in [5.41, 5.74) is 1.78. The monoisotopic (exact) mass is 309 g/mol. The molecule has 3 rings (SSSR count). The van der Waals surface area contributed by atoms with Crippen molar-refractivity contribution in [2.75, 3.05) is 5.32 Å². The number of fused-ring (bicyclic) bond motifs is 1. The van der Waals surface area contributed by atoms with Crippen molar-refractivity contribution >= 4 is 36.0 Å². The van der Waals surface area contributed by atoms with Gasteiger partial charge in [0.15, 0.2) is 0 Å². The molecular formula is C14H17BClNO4. The van der Waals surface area contributed by atoms with Gasteiger partial charge in [-0.2, -0.15) is 0 Å². The van der Waals surface area contributed by atoms with E-state index >= 15 is 0 Å². The molecule has 1 aromatic rings. The normalized spacial score (nSPS) is 18.5. The van der Waals surface area contributed by atoms with E-state index in [0.717, 1.165) is 31.2 Å². The fraction of sp³-hybridized carbons (Fsp3) is 0.500. The van der Waals surface area contributed by atoms with Crippen molar-refractivity contribution in [3.63, 3.8) is 0 Å². The van der Waals surface area contributed by atoms with E-state index in [0.29, 0.717) is 22.8 Å². The van der Waals surface area contributed by atoms with E-state index in [1.54, 1.807) is 12.1 Å². The minimum absolute atomic E-state index is 0.0131. The second-order valence-electron chi connectivity index (χ2n) is 5.45. The van der Waals surface area contributed by atoms with Gasteiger partial charge in [-0.1, -0.05) is 24.1 Å². The molecule has 1 aliphatic heterocycles. The van der Waals surface area contributed by atoms with Crippen LogP contribution in [0.4, 0.5) is 10.5 Å². The Kier molecular flexibility index (Phi) is 4.38. The Balaban J connectivity index is 1.67. The lowest BCUT2D eigenvalue weighted by Crippen LogP contribution is -2.30. The van der Waals surface area contributed by atoms with Gasteiger partial charge >= 0.3 is 13.2 Å². The van der Waals surface area contributed by atoms with Gasteiger partial charge in [0.05, 0.1) is 17.3 Å². The topological polar surface area (TPSA) is 67.8 Å². The van der Waals surface area contributed by atoms with Gasteiger partial charge in [-0.25, -0.2) is 4.79 Å². The van der Waals surface area contributed by atoms with Gasteiger partial charge in [0.2, 0.25) is 0 Å². The molecule has 2 aliphatic rings. The molecule has 0 radical (unpaired) electrons. The summed E-state index contributed by atoms with van der Waals surface area (Å²) < 4.78 is 10.5. The number of nitrogens with one attached hydrogen (secondary N) is 1. The van der Waals surface area contributed by atoms with Crippen LogP contribution >= 0.6 is 11.6 Å². The zero-order valence-electron chi connectivity index (χ0n) is 11.6. The number of benzene rings is 1. The summed E-state index contributed by atoms with van der Waals surface area (Å²) in [5, 5.41) is 12.7. The van der Waals surface area contributed by atoms with Gasteiger partial charge < -0.3 is 14.4 Å². The molecule has 1 aliphatic carbocycles. The van der Waals surface area contributed by atoms with Crippen LogP contribution in [0.5, 0.6) is 0 Å². The van der Waals surface area contributed by atoms with Crippen LogP contribution in [-0.4, -0.2) is 24.3 Å². The van der Waals surface area contributed by atoms with Crippen LogP contribution in [0, 0.1) is 0 Å². The molecule has 1 heterocycles. The predicted octanol–water partition coefficient (Wildman–Crippen LogP) is 2.44. The first-order valence-electron chi connectivity index (χ1n) is 7.23. The number of rotatable bonds is 2. The van der Waals surface area contributed by atoms with E-state index in [1.165, 1.54) is 6.42 Å². The molecule has 7 heteroatoms. The molecule has 1 amide bonds. The SMILES string of the molecule is O=C(Nc1ccc2c(c1Cl)B(O)OC2)OC1CCCCC1. The first-order valence-corrected chi connectivity index (χ1v) is 7.61. The van der Waals surface area contributed by atoms with Gasteiger partial charge in [0.1, 0.15) is 6.10 Å². The standard InChI is InChI=1S/C14H17BClNO4/c16-13-11(7-6-9-8-20-15(19)12(9)13)17-14(18)21-10-4-2-1-3-5-10/h6-7,10,19H,1-5,8H2,(H,17,18). The van der Waals surface area contributed by atoms with Crippen LogP contribution < -0.4 is 10.8 Å². The predicted molar refractivity (Wildman–Crippen MR) is 80.8 cm³/mol. The van der Waals surface area contributed by atoms with E-state index in [9.17, 15) is 9.82 Å². The molecule has 21 heavy (non-hydrogen) atoms. The Morgan fingerprint density at radius 3 is 2.90 bits per heavy atom. The maximum atomic E-state index is 11.9. The van der Waals surface area contributed by atoms with E-state index in [1.807, 2.05) is 0 Å². The van der Waals surface area contributed by atoms with Crippen molar-refractivity contribution in [2.45, 2.75) is 44.8 Å². The van der Waals surface area contributed by atoms with Gasteiger partial charge in [-0.15, -0.1) is 0 Å². The second-order valence-corrected chi connectivity index (χ2v) is 5.83. The minimum atomic E-state index is -1.04. The highest BCUT2D eigenvalue weighted by Gasteiger charge is 2.31. The molecular weight excluding hydrogens is 292 g/mol. The van der Waals surface area contributed by atoms with E-state index in [2.05, 4.69) is 5.32 Å². The van der Waals surface area contributed by atoms with Gasteiger partial charge in [-0.05, 0) is 37.3 Å². The summed E-state index contributed by atoms with van der Waals surface area (Å²) >= 11 is 6.23. The third-order valence-corrected chi connectivity index (χ3v) is 4.38. The summed E-state index contributed by atoms with van der Waals surface area (Å²) in [6.45, 7) is 0.322. The first-order chi connectivity index (χ1) is 10.1. The van der Waals surface area contributed by atoms with E-state index in [4.69, 9.17) is 21.0 Å². The van der Waals surface area contributed by atoms with Gasteiger partial charge in [-0.3, -0.25) is 5.32 Å². The number of carbonyl (C=O) groups excluding carboxylic acids is 1. The van der Waals surface area contributed by atoms with Crippen LogP contribution in [0.1, 0.15) is 37.7 Å². The maximum Gasteiger partial charge on any atom is 0.493 e. The van der Waals surface area contributed by atoms with Crippen LogP contribution in [-0.2, 0) is 16.0 Å². The molecule has 5 nitrogen and oxygen atoms in total. The molecule has 1 aromatic carbocycles. The highest BCUT2D eigenvalue weighted by molar-refractivity contribution is 6.66. The lowest BCUT2D eigenvalue weighted by molar-refractivity contribution is 0.0865. The molecule has 0 bridgehead atoms. The number of hydrogen-bond donors (Lipinski definition) is 2. The highest BCUT2D eigenvalue weighted by Crippen LogP contribution is 2.26. The molecule has 1 saturated carbocycles. The number of amides is 1. The third kappa shape index (κ3) is 3.17. The largest absolute Gasteiger partial charge is 0.493 e. The Morgan fingerprint density at radius 1 is 1.38 bits per heavy atom. The number of halogens is 1. The summed E-state index contributed by atoms with van der Waals surface area (Å²) in [6, 6.07) is 3.48. The zero-order valence-corrected chi connectivity index (χ0v) is 12.4. The van der Waals surface area contributed by atoms with E-state index < -0.39 is 13.2 Å².